The molecule has 0 saturated carbocycles. The first-order valence-corrected chi connectivity index (χ1v) is 15.4. The van der Waals surface area contributed by atoms with Gasteiger partial charge in [0.1, 0.15) is 40.7 Å². The van der Waals surface area contributed by atoms with Crippen molar-refractivity contribution in [3.8, 4) is 17.2 Å². The van der Waals surface area contributed by atoms with Gasteiger partial charge in [0.15, 0.2) is 0 Å². The van der Waals surface area contributed by atoms with Crippen LogP contribution in [0.15, 0.2) is 24.4 Å². The summed E-state index contributed by atoms with van der Waals surface area (Å²) in [6, 6.07) is 5.33. The van der Waals surface area contributed by atoms with Crippen LogP contribution in [-0.4, -0.2) is 84.3 Å². The third kappa shape index (κ3) is 9.22. The maximum absolute atomic E-state index is 12.7. The highest BCUT2D eigenvalue weighted by Gasteiger charge is 2.30. The molecule has 0 spiro atoms. The molecule has 2 aromatic heterocycles. The second-order valence-electron chi connectivity index (χ2n) is 11.9. The maximum Gasteiger partial charge on any atom is 0.415 e. The predicted molar refractivity (Wildman–Crippen MR) is 172 cm³/mol. The lowest BCUT2D eigenvalue weighted by Gasteiger charge is -2.32. The van der Waals surface area contributed by atoms with Crippen molar-refractivity contribution < 1.29 is 28.5 Å². The first-order valence-electron chi connectivity index (χ1n) is 15.0. The number of anilines is 1. The van der Waals surface area contributed by atoms with E-state index in [1.165, 1.54) is 0 Å². The lowest BCUT2D eigenvalue weighted by Crippen LogP contribution is -2.41. The van der Waals surface area contributed by atoms with Crippen LogP contribution in [0.2, 0.25) is 5.15 Å². The molecule has 0 N–H and O–H groups in total. The first kappa shape index (κ1) is 34.9. The normalized spacial score (nSPS) is 13.5. The zero-order valence-corrected chi connectivity index (χ0v) is 28.2. The van der Waals surface area contributed by atoms with Gasteiger partial charge < -0.3 is 23.8 Å². The number of benzene rings is 1. The summed E-state index contributed by atoms with van der Waals surface area (Å²) in [7, 11) is 5.63. The van der Waals surface area contributed by atoms with E-state index < -0.39 is 11.7 Å². The quantitative estimate of drug-likeness (QED) is 0.191. The third-order valence-electron chi connectivity index (χ3n) is 6.79. The van der Waals surface area contributed by atoms with Crippen molar-refractivity contribution in [2.45, 2.75) is 78.9 Å². The molecule has 1 amide bonds. The second-order valence-corrected chi connectivity index (χ2v) is 12.2. The minimum atomic E-state index is -0.599. The lowest BCUT2D eigenvalue weighted by molar-refractivity contribution is -0.149. The second kappa shape index (κ2) is 15.4. The number of pyridine rings is 1. The Morgan fingerprint density at radius 3 is 2.50 bits per heavy atom. The average molecular weight is 632 g/mol. The number of amides is 1. The highest BCUT2D eigenvalue weighted by Crippen LogP contribution is 2.41. The molecule has 4 rings (SSSR count). The molecule has 0 aliphatic carbocycles. The smallest absolute Gasteiger partial charge is 0.415 e. The fraction of sp³-hybridized carbons (Fsp3) is 0.562. The van der Waals surface area contributed by atoms with Gasteiger partial charge in [-0.05, 0) is 61.1 Å². The van der Waals surface area contributed by atoms with Gasteiger partial charge in [-0.3, -0.25) is 9.69 Å². The topological polar surface area (TPSA) is 108 Å². The number of esters is 1. The molecule has 12 heteroatoms. The van der Waals surface area contributed by atoms with Crippen LogP contribution in [0.5, 0.6) is 11.5 Å². The van der Waals surface area contributed by atoms with Gasteiger partial charge in [-0.15, -0.1) is 0 Å². The van der Waals surface area contributed by atoms with E-state index in [4.69, 9.17) is 30.5 Å². The van der Waals surface area contributed by atoms with Crippen molar-refractivity contribution in [1.29, 1.82) is 0 Å². The number of aromatic nitrogens is 3. The van der Waals surface area contributed by atoms with Crippen molar-refractivity contribution in [3.63, 3.8) is 0 Å². The summed E-state index contributed by atoms with van der Waals surface area (Å²) in [5, 5.41) is 5.89. The van der Waals surface area contributed by atoms with Crippen LogP contribution in [0.1, 0.15) is 66.0 Å². The summed E-state index contributed by atoms with van der Waals surface area (Å²) in [6.45, 7) is 13.2. The van der Waals surface area contributed by atoms with E-state index in [1.807, 2.05) is 54.8 Å². The number of methoxy groups -OCH3 is 1. The number of carbonyl (C=O) groups excluding carboxylic acids is 2. The van der Waals surface area contributed by atoms with Crippen molar-refractivity contribution in [1.82, 2.24) is 19.7 Å². The Morgan fingerprint density at radius 2 is 1.89 bits per heavy atom. The van der Waals surface area contributed by atoms with Crippen molar-refractivity contribution in [2.75, 3.05) is 45.8 Å². The molecule has 0 radical (unpaired) electrons. The van der Waals surface area contributed by atoms with E-state index in [1.54, 1.807) is 35.0 Å². The molecule has 11 nitrogen and oxygen atoms in total. The number of fused-ring (bicyclic) bond motifs is 2. The highest BCUT2D eigenvalue weighted by molar-refractivity contribution is 6.30. The van der Waals surface area contributed by atoms with Crippen molar-refractivity contribution in [3.05, 3.63) is 35.2 Å². The minimum Gasteiger partial charge on any atom is -0.494 e. The molecule has 1 atom stereocenters. The van der Waals surface area contributed by atoms with Crippen LogP contribution < -0.4 is 14.4 Å². The number of hydrogen-bond donors (Lipinski definition) is 0. The van der Waals surface area contributed by atoms with E-state index in [0.29, 0.717) is 47.6 Å². The third-order valence-corrected chi connectivity index (χ3v) is 7.00. The molecule has 44 heavy (non-hydrogen) atoms. The van der Waals surface area contributed by atoms with E-state index in [-0.39, 0.29) is 12.1 Å². The van der Waals surface area contributed by atoms with Gasteiger partial charge in [-0.2, -0.15) is 5.10 Å². The SMILES string of the molecule is CCCC(=O)OC(CC)CCN(C)C.COc1cc2c(cc1-n1nc(C)c3cnc(Cl)cc31)OCCN2C(=O)OC(C)(C)C. The highest BCUT2D eigenvalue weighted by atomic mass is 35.5. The van der Waals surface area contributed by atoms with Crippen LogP contribution >= 0.6 is 11.6 Å². The first-order chi connectivity index (χ1) is 20.8. The standard InChI is InChI=1S/C21H23ClN4O4.C11H23NO2/c1-12-13-11-23-19(22)10-14(13)26(24-12)16-9-18-15(8-17(16)28-5)25(6-7-29-18)20(27)30-21(2,3)4;1-5-7-11(13)14-10(6-2)8-9-12(3)4/h8-11H,6-7H2,1-5H3;10H,5-9H2,1-4H3. The van der Waals surface area contributed by atoms with Gasteiger partial charge in [-0.1, -0.05) is 25.4 Å². The molecule has 3 heterocycles. The number of hydrogen-bond acceptors (Lipinski definition) is 9. The van der Waals surface area contributed by atoms with Gasteiger partial charge in [0, 0.05) is 42.7 Å². The van der Waals surface area contributed by atoms with Crippen molar-refractivity contribution in [2.24, 2.45) is 0 Å². The number of carbonyl (C=O) groups is 2. The zero-order chi connectivity index (χ0) is 32.6. The van der Waals surface area contributed by atoms with Crippen LogP contribution in [-0.2, 0) is 14.3 Å². The van der Waals surface area contributed by atoms with Gasteiger partial charge >= 0.3 is 12.1 Å². The summed E-state index contributed by atoms with van der Waals surface area (Å²) in [6.07, 6.45) is 4.60. The Hall–Kier alpha value is -3.57. The minimum absolute atomic E-state index is 0.0573. The molecule has 1 aromatic carbocycles. The molecule has 0 fully saturated rings. The number of aryl methyl sites for hydroxylation is 1. The van der Waals surface area contributed by atoms with Crippen molar-refractivity contribution >= 4 is 40.3 Å². The number of rotatable bonds is 9. The van der Waals surface area contributed by atoms with Crippen LogP contribution in [0.25, 0.3) is 16.6 Å². The number of nitrogens with zero attached hydrogens (tertiary/aromatic N) is 5. The summed E-state index contributed by atoms with van der Waals surface area (Å²) in [4.78, 5) is 31.7. The maximum atomic E-state index is 12.7. The largest absolute Gasteiger partial charge is 0.494 e. The lowest BCUT2D eigenvalue weighted by atomic mass is 10.2. The average Bonchev–Trinajstić information content (AvgIpc) is 3.28. The Kier molecular flexibility index (Phi) is 12.2. The molecular formula is C32H46ClN5O6. The Morgan fingerprint density at radius 1 is 1.16 bits per heavy atom. The molecule has 242 valence electrons. The van der Waals surface area contributed by atoms with Crippen LogP contribution in [0.3, 0.4) is 0 Å². The summed E-state index contributed by atoms with van der Waals surface area (Å²) in [5.41, 5.74) is 2.26. The summed E-state index contributed by atoms with van der Waals surface area (Å²) < 4.78 is 24.1. The number of ether oxygens (including phenoxy) is 4. The summed E-state index contributed by atoms with van der Waals surface area (Å²) >= 11 is 6.12. The van der Waals surface area contributed by atoms with E-state index >= 15 is 0 Å². The molecule has 3 aromatic rings. The fourth-order valence-electron chi connectivity index (χ4n) is 4.58. The Labute approximate surface area is 265 Å². The molecule has 1 aliphatic rings. The fourth-order valence-corrected chi connectivity index (χ4v) is 4.73. The predicted octanol–water partition coefficient (Wildman–Crippen LogP) is 6.58. The number of halogens is 1. The van der Waals surface area contributed by atoms with Crippen LogP contribution in [0, 0.1) is 6.92 Å². The molecular weight excluding hydrogens is 586 g/mol. The van der Waals surface area contributed by atoms with Gasteiger partial charge in [0.05, 0.1) is 30.6 Å². The molecule has 0 bridgehead atoms. The zero-order valence-electron chi connectivity index (χ0n) is 27.4. The van der Waals surface area contributed by atoms with Gasteiger partial charge in [0.2, 0.25) is 0 Å². The molecule has 1 unspecified atom stereocenters. The van der Waals surface area contributed by atoms with Gasteiger partial charge in [0.25, 0.3) is 0 Å². The molecule has 0 saturated heterocycles. The van der Waals surface area contributed by atoms with Gasteiger partial charge in [-0.25, -0.2) is 14.5 Å². The van der Waals surface area contributed by atoms with E-state index in [2.05, 4.69) is 21.9 Å². The summed E-state index contributed by atoms with van der Waals surface area (Å²) in [5.74, 6) is 1.02. The van der Waals surface area contributed by atoms with Crippen LogP contribution in [0.4, 0.5) is 10.5 Å². The Bertz CT molecular complexity index is 1430. The molecule has 1 aliphatic heterocycles. The Balaban J connectivity index is 0.000000321. The van der Waals surface area contributed by atoms with E-state index in [9.17, 15) is 9.59 Å². The monoisotopic (exact) mass is 631 g/mol. The van der Waals surface area contributed by atoms with E-state index in [0.717, 1.165) is 42.4 Å².